The van der Waals surface area contributed by atoms with Crippen molar-refractivity contribution in [1.82, 2.24) is 0 Å². The second-order valence-electron chi connectivity index (χ2n) is 5.18. The molecule has 1 aliphatic rings. The maximum Gasteiger partial charge on any atom is 0.0968 e. The van der Waals surface area contributed by atoms with Gasteiger partial charge in [-0.3, -0.25) is 4.99 Å². The minimum absolute atomic E-state index is 0.595. The molecule has 2 N–H and O–H groups in total. The summed E-state index contributed by atoms with van der Waals surface area (Å²) in [6.07, 6.45) is 9.04. The van der Waals surface area contributed by atoms with Gasteiger partial charge in [-0.15, -0.1) is 0 Å². The van der Waals surface area contributed by atoms with Gasteiger partial charge in [-0.1, -0.05) is 33.1 Å². The molecule has 0 saturated heterocycles. The molecule has 0 aromatic rings. The number of hydrogen-bond donors (Lipinski definition) is 1. The zero-order chi connectivity index (χ0) is 11.1. The van der Waals surface area contributed by atoms with Crippen LogP contribution in [0.5, 0.6) is 0 Å². The van der Waals surface area contributed by atoms with Crippen molar-refractivity contribution in [2.24, 2.45) is 22.6 Å². The molecule has 1 saturated carbocycles. The molecular weight excluding hydrogens is 184 g/mol. The van der Waals surface area contributed by atoms with Crippen LogP contribution in [-0.2, 0) is 0 Å². The lowest BCUT2D eigenvalue weighted by molar-refractivity contribution is 0.436. The summed E-state index contributed by atoms with van der Waals surface area (Å²) in [5, 5.41) is 0. The molecule has 15 heavy (non-hydrogen) atoms. The van der Waals surface area contributed by atoms with Crippen LogP contribution in [0.2, 0.25) is 0 Å². The maximum atomic E-state index is 6.02. The second-order valence-corrected chi connectivity index (χ2v) is 5.18. The summed E-state index contributed by atoms with van der Waals surface area (Å²) in [4.78, 5) is 4.51. The highest BCUT2D eigenvalue weighted by atomic mass is 14.9. The minimum Gasteiger partial charge on any atom is -0.387 e. The molecule has 88 valence electrons. The molecule has 0 bridgehead atoms. The van der Waals surface area contributed by atoms with Crippen molar-refractivity contribution in [3.63, 3.8) is 0 Å². The molecule has 1 aliphatic carbocycles. The van der Waals surface area contributed by atoms with Gasteiger partial charge in [0.2, 0.25) is 0 Å². The number of nitrogens with zero attached hydrogens (tertiary/aromatic N) is 1. The van der Waals surface area contributed by atoms with Crippen LogP contribution in [0, 0.1) is 11.8 Å². The van der Waals surface area contributed by atoms with Crippen molar-refractivity contribution >= 4 is 5.84 Å². The number of hydrogen-bond acceptors (Lipinski definition) is 1. The van der Waals surface area contributed by atoms with Crippen LogP contribution in [0.25, 0.3) is 0 Å². The highest BCUT2D eigenvalue weighted by molar-refractivity contribution is 5.82. The van der Waals surface area contributed by atoms with E-state index in [4.69, 9.17) is 5.73 Å². The Labute approximate surface area is 94.3 Å². The molecule has 0 heterocycles. The second kappa shape index (κ2) is 6.86. The van der Waals surface area contributed by atoms with Crippen molar-refractivity contribution in [2.45, 2.75) is 58.8 Å². The monoisotopic (exact) mass is 210 g/mol. The predicted octanol–water partition coefficient (Wildman–Crippen LogP) is 3.36. The lowest BCUT2D eigenvalue weighted by atomic mass is 9.88. The van der Waals surface area contributed by atoms with E-state index in [-0.39, 0.29) is 0 Å². The zero-order valence-electron chi connectivity index (χ0n) is 10.3. The maximum absolute atomic E-state index is 6.02. The summed E-state index contributed by atoms with van der Waals surface area (Å²) in [5.41, 5.74) is 6.02. The molecule has 0 amide bonds. The van der Waals surface area contributed by atoms with E-state index in [9.17, 15) is 0 Å². The van der Waals surface area contributed by atoms with Gasteiger partial charge < -0.3 is 5.73 Å². The number of nitrogens with two attached hydrogens (primary N) is 1. The number of amidine groups is 1. The third-order valence-electron chi connectivity index (χ3n) is 3.26. The van der Waals surface area contributed by atoms with E-state index in [1.54, 1.807) is 0 Å². The lowest BCUT2D eigenvalue weighted by Gasteiger charge is -2.20. The SMILES string of the molecule is CC(C)CCCN=C(N)C1CCCCC1. The van der Waals surface area contributed by atoms with Crippen LogP contribution in [0.3, 0.4) is 0 Å². The van der Waals surface area contributed by atoms with Gasteiger partial charge in [0, 0.05) is 12.5 Å². The van der Waals surface area contributed by atoms with E-state index in [2.05, 4.69) is 18.8 Å². The van der Waals surface area contributed by atoms with Crippen molar-refractivity contribution in [3.8, 4) is 0 Å². The first-order valence-electron chi connectivity index (χ1n) is 6.50. The van der Waals surface area contributed by atoms with Gasteiger partial charge in [0.1, 0.15) is 0 Å². The van der Waals surface area contributed by atoms with Crippen LogP contribution in [0.4, 0.5) is 0 Å². The Bertz CT molecular complexity index is 191. The predicted molar refractivity (Wildman–Crippen MR) is 67.1 cm³/mol. The molecule has 0 radical (unpaired) electrons. The summed E-state index contributed by atoms with van der Waals surface area (Å²) in [5.74, 6) is 2.31. The summed E-state index contributed by atoms with van der Waals surface area (Å²) in [6.45, 7) is 5.45. The van der Waals surface area contributed by atoms with E-state index < -0.39 is 0 Å². The summed E-state index contributed by atoms with van der Waals surface area (Å²) in [6, 6.07) is 0. The van der Waals surface area contributed by atoms with Crippen LogP contribution >= 0.6 is 0 Å². The van der Waals surface area contributed by atoms with E-state index in [1.807, 2.05) is 0 Å². The highest BCUT2D eigenvalue weighted by Gasteiger charge is 2.16. The largest absolute Gasteiger partial charge is 0.387 e. The molecule has 0 aliphatic heterocycles. The van der Waals surface area contributed by atoms with Crippen molar-refractivity contribution in [3.05, 3.63) is 0 Å². The van der Waals surface area contributed by atoms with Crippen LogP contribution in [-0.4, -0.2) is 12.4 Å². The highest BCUT2D eigenvalue weighted by Crippen LogP contribution is 2.23. The number of aliphatic imine (C=N–C) groups is 1. The molecule has 1 rings (SSSR count). The first-order chi connectivity index (χ1) is 7.20. The quantitative estimate of drug-likeness (QED) is 0.422. The number of rotatable bonds is 5. The fraction of sp³-hybridized carbons (Fsp3) is 0.923. The molecule has 0 atom stereocenters. The normalized spacial score (nSPS) is 19.8. The Hall–Kier alpha value is -0.530. The minimum atomic E-state index is 0.595. The molecular formula is C13H26N2. The van der Waals surface area contributed by atoms with E-state index in [0.717, 1.165) is 18.3 Å². The van der Waals surface area contributed by atoms with Gasteiger partial charge in [0.05, 0.1) is 5.84 Å². The van der Waals surface area contributed by atoms with Crippen LogP contribution in [0.15, 0.2) is 4.99 Å². The smallest absolute Gasteiger partial charge is 0.0968 e. The average Bonchev–Trinajstić information content (AvgIpc) is 2.25. The van der Waals surface area contributed by atoms with Crippen molar-refractivity contribution in [1.29, 1.82) is 0 Å². The van der Waals surface area contributed by atoms with Gasteiger partial charge >= 0.3 is 0 Å². The van der Waals surface area contributed by atoms with E-state index in [1.165, 1.54) is 44.9 Å². The molecule has 2 nitrogen and oxygen atoms in total. The Kier molecular flexibility index (Phi) is 5.74. The first-order valence-corrected chi connectivity index (χ1v) is 6.50. The van der Waals surface area contributed by atoms with E-state index >= 15 is 0 Å². The van der Waals surface area contributed by atoms with E-state index in [0.29, 0.717) is 5.92 Å². The fourth-order valence-corrected chi connectivity index (χ4v) is 2.24. The van der Waals surface area contributed by atoms with Crippen molar-refractivity contribution < 1.29 is 0 Å². The third-order valence-corrected chi connectivity index (χ3v) is 3.26. The fourth-order valence-electron chi connectivity index (χ4n) is 2.24. The Morgan fingerprint density at radius 3 is 2.53 bits per heavy atom. The standard InChI is InChI=1S/C13H26N2/c1-11(2)7-6-10-15-13(14)12-8-4-3-5-9-12/h11-12H,3-10H2,1-2H3,(H2,14,15). The topological polar surface area (TPSA) is 38.4 Å². The first kappa shape index (κ1) is 12.5. The molecule has 0 unspecified atom stereocenters. The summed E-state index contributed by atoms with van der Waals surface area (Å²) in [7, 11) is 0. The molecule has 1 fully saturated rings. The molecule has 2 heteroatoms. The molecule has 0 aromatic carbocycles. The molecule has 0 aromatic heterocycles. The lowest BCUT2D eigenvalue weighted by Crippen LogP contribution is -2.26. The Morgan fingerprint density at radius 2 is 1.93 bits per heavy atom. The van der Waals surface area contributed by atoms with Crippen LogP contribution in [0.1, 0.15) is 58.8 Å². The Morgan fingerprint density at radius 1 is 1.27 bits per heavy atom. The molecule has 0 spiro atoms. The third kappa shape index (κ3) is 5.19. The zero-order valence-corrected chi connectivity index (χ0v) is 10.3. The van der Waals surface area contributed by atoms with Gasteiger partial charge in [-0.05, 0) is 31.6 Å². The van der Waals surface area contributed by atoms with Gasteiger partial charge in [-0.25, -0.2) is 0 Å². The van der Waals surface area contributed by atoms with Gasteiger partial charge in [0.15, 0.2) is 0 Å². The van der Waals surface area contributed by atoms with Gasteiger partial charge in [-0.2, -0.15) is 0 Å². The summed E-state index contributed by atoms with van der Waals surface area (Å²) < 4.78 is 0. The van der Waals surface area contributed by atoms with Gasteiger partial charge in [0.25, 0.3) is 0 Å². The van der Waals surface area contributed by atoms with Crippen LogP contribution < -0.4 is 5.73 Å². The average molecular weight is 210 g/mol. The summed E-state index contributed by atoms with van der Waals surface area (Å²) >= 11 is 0. The Balaban J connectivity index is 2.19. The van der Waals surface area contributed by atoms with Crippen molar-refractivity contribution in [2.75, 3.05) is 6.54 Å².